The monoisotopic (exact) mass is 449 g/mol. The SMILES string of the molecule is CN(C(=N)N)C(=O)c1cc2c(C(F)(F)F)ccc(Oc3ccc(CN4CCCC4)o3)c2[nH]1. The Balaban J connectivity index is 1.67. The Labute approximate surface area is 181 Å². The second-order valence-corrected chi connectivity index (χ2v) is 7.64. The number of fused-ring (bicyclic) bond motifs is 1. The van der Waals surface area contributed by atoms with Crippen LogP contribution in [0.1, 0.15) is 34.7 Å². The first-order chi connectivity index (χ1) is 15.1. The molecule has 1 aliphatic heterocycles. The fourth-order valence-corrected chi connectivity index (χ4v) is 3.70. The zero-order chi connectivity index (χ0) is 23.0. The van der Waals surface area contributed by atoms with Crippen molar-refractivity contribution in [3.63, 3.8) is 0 Å². The Hall–Kier alpha value is -3.47. The summed E-state index contributed by atoms with van der Waals surface area (Å²) in [6.07, 6.45) is -2.36. The molecule has 0 aliphatic carbocycles. The van der Waals surface area contributed by atoms with Crippen LogP contribution in [-0.4, -0.2) is 46.8 Å². The highest BCUT2D eigenvalue weighted by atomic mass is 19.4. The number of furan rings is 1. The molecule has 1 aliphatic rings. The number of nitrogens with one attached hydrogen (secondary N) is 2. The van der Waals surface area contributed by atoms with Gasteiger partial charge in [0.05, 0.1) is 17.6 Å². The van der Waals surface area contributed by atoms with Crippen LogP contribution in [0.25, 0.3) is 10.9 Å². The zero-order valence-corrected chi connectivity index (χ0v) is 17.3. The molecule has 8 nitrogen and oxygen atoms in total. The maximum Gasteiger partial charge on any atom is 0.417 e. The van der Waals surface area contributed by atoms with Gasteiger partial charge < -0.3 is 19.9 Å². The Bertz CT molecular complexity index is 1160. The average molecular weight is 449 g/mol. The smallest absolute Gasteiger partial charge is 0.417 e. The number of rotatable bonds is 5. The number of aromatic amines is 1. The van der Waals surface area contributed by atoms with E-state index < -0.39 is 23.6 Å². The van der Waals surface area contributed by atoms with E-state index in [4.69, 9.17) is 20.3 Å². The minimum absolute atomic E-state index is 0.0161. The lowest BCUT2D eigenvalue weighted by atomic mass is 10.1. The fourth-order valence-electron chi connectivity index (χ4n) is 3.70. The third kappa shape index (κ3) is 4.28. The number of carbonyl (C=O) groups excluding carboxylic acids is 1. The van der Waals surface area contributed by atoms with Gasteiger partial charge in [-0.1, -0.05) is 0 Å². The number of carbonyl (C=O) groups is 1. The minimum Gasteiger partial charge on any atom is -0.429 e. The number of likely N-dealkylation sites (tertiary alicyclic amines) is 1. The maximum absolute atomic E-state index is 13.5. The van der Waals surface area contributed by atoms with Gasteiger partial charge in [-0.3, -0.25) is 20.0 Å². The van der Waals surface area contributed by atoms with Gasteiger partial charge in [0.1, 0.15) is 11.5 Å². The number of benzene rings is 1. The predicted octanol–water partition coefficient (Wildman–Crippen LogP) is 4.13. The summed E-state index contributed by atoms with van der Waals surface area (Å²) in [5.74, 6) is -0.403. The Morgan fingerprint density at radius 2 is 2.00 bits per heavy atom. The normalized spacial score (nSPS) is 14.8. The van der Waals surface area contributed by atoms with E-state index in [-0.39, 0.29) is 28.3 Å². The van der Waals surface area contributed by atoms with E-state index in [0.29, 0.717) is 12.3 Å². The van der Waals surface area contributed by atoms with E-state index in [1.807, 2.05) is 0 Å². The van der Waals surface area contributed by atoms with E-state index >= 15 is 0 Å². The standard InChI is InChI=1S/C21H22F3N5O3/c1-28(20(25)26)19(30)15-10-13-14(21(22,23)24)5-6-16(18(13)27-15)32-17-7-4-12(31-17)11-29-8-2-3-9-29/h4-7,10,27H,2-3,8-9,11H2,1H3,(H3,25,26). The first-order valence-electron chi connectivity index (χ1n) is 9.97. The second-order valence-electron chi connectivity index (χ2n) is 7.64. The summed E-state index contributed by atoms with van der Waals surface area (Å²) in [5.41, 5.74) is 4.22. The highest BCUT2D eigenvalue weighted by Gasteiger charge is 2.34. The van der Waals surface area contributed by atoms with Crippen molar-refractivity contribution in [2.45, 2.75) is 25.6 Å². The van der Waals surface area contributed by atoms with Crippen molar-refractivity contribution in [2.24, 2.45) is 5.73 Å². The summed E-state index contributed by atoms with van der Waals surface area (Å²) < 4.78 is 52.1. The Kier molecular flexibility index (Phi) is 5.59. The minimum atomic E-state index is -4.64. The molecule has 3 heterocycles. The highest BCUT2D eigenvalue weighted by molar-refractivity contribution is 6.06. The number of amides is 1. The molecule has 2 aromatic heterocycles. The van der Waals surface area contributed by atoms with Gasteiger partial charge in [0, 0.05) is 18.5 Å². The van der Waals surface area contributed by atoms with Gasteiger partial charge >= 0.3 is 6.18 Å². The van der Waals surface area contributed by atoms with Crippen LogP contribution < -0.4 is 10.5 Å². The summed E-state index contributed by atoms with van der Waals surface area (Å²) in [4.78, 5) is 18.2. The maximum atomic E-state index is 13.5. The van der Waals surface area contributed by atoms with Gasteiger partial charge in [0.25, 0.3) is 11.9 Å². The van der Waals surface area contributed by atoms with Gasteiger partial charge in [-0.15, -0.1) is 0 Å². The molecule has 1 saturated heterocycles. The molecule has 32 heavy (non-hydrogen) atoms. The Morgan fingerprint density at radius 3 is 2.66 bits per heavy atom. The molecule has 0 unspecified atom stereocenters. The number of hydrogen-bond donors (Lipinski definition) is 3. The molecule has 1 amide bonds. The topological polar surface area (TPSA) is 112 Å². The summed E-state index contributed by atoms with van der Waals surface area (Å²) in [6, 6.07) is 6.51. The van der Waals surface area contributed by atoms with Crippen LogP contribution >= 0.6 is 0 Å². The molecule has 170 valence electrons. The van der Waals surface area contributed by atoms with Gasteiger partial charge in [-0.05, 0) is 50.2 Å². The van der Waals surface area contributed by atoms with Crippen molar-refractivity contribution >= 4 is 22.8 Å². The number of H-pyrrole nitrogens is 1. The van der Waals surface area contributed by atoms with Gasteiger partial charge in [-0.2, -0.15) is 13.2 Å². The third-order valence-electron chi connectivity index (χ3n) is 5.38. The third-order valence-corrected chi connectivity index (χ3v) is 5.38. The Morgan fingerprint density at radius 1 is 1.28 bits per heavy atom. The van der Waals surface area contributed by atoms with Crippen LogP contribution in [0.15, 0.2) is 34.7 Å². The molecular formula is C21H22F3N5O3. The van der Waals surface area contributed by atoms with E-state index in [0.717, 1.165) is 43.0 Å². The molecule has 0 radical (unpaired) electrons. The number of nitrogens with two attached hydrogens (primary N) is 1. The van der Waals surface area contributed by atoms with Crippen LogP contribution in [-0.2, 0) is 12.7 Å². The van der Waals surface area contributed by atoms with Crippen molar-refractivity contribution in [1.82, 2.24) is 14.8 Å². The number of alkyl halides is 3. The molecule has 0 atom stereocenters. The highest BCUT2D eigenvalue weighted by Crippen LogP contribution is 2.40. The predicted molar refractivity (Wildman–Crippen MR) is 111 cm³/mol. The summed E-state index contributed by atoms with van der Waals surface area (Å²) >= 11 is 0. The largest absolute Gasteiger partial charge is 0.429 e. The van der Waals surface area contributed by atoms with Crippen molar-refractivity contribution < 1.29 is 27.1 Å². The number of guanidine groups is 1. The van der Waals surface area contributed by atoms with Crippen LogP contribution in [0, 0.1) is 5.41 Å². The van der Waals surface area contributed by atoms with Gasteiger partial charge in [-0.25, -0.2) is 0 Å². The van der Waals surface area contributed by atoms with E-state index in [9.17, 15) is 18.0 Å². The lowest BCUT2D eigenvalue weighted by Crippen LogP contribution is -2.38. The van der Waals surface area contributed by atoms with Crippen LogP contribution in [0.4, 0.5) is 13.2 Å². The van der Waals surface area contributed by atoms with Crippen LogP contribution in [0.3, 0.4) is 0 Å². The van der Waals surface area contributed by atoms with Gasteiger partial charge in [0.15, 0.2) is 11.7 Å². The van der Waals surface area contributed by atoms with Crippen molar-refractivity contribution in [3.8, 4) is 11.7 Å². The van der Waals surface area contributed by atoms with E-state index in [1.54, 1.807) is 12.1 Å². The molecule has 4 rings (SSSR count). The first kappa shape index (κ1) is 21.8. The zero-order valence-electron chi connectivity index (χ0n) is 17.3. The first-order valence-corrected chi connectivity index (χ1v) is 9.97. The molecule has 0 bridgehead atoms. The second kappa shape index (κ2) is 8.23. The molecule has 3 aromatic rings. The summed E-state index contributed by atoms with van der Waals surface area (Å²) in [7, 11) is 1.25. The molecular weight excluding hydrogens is 427 g/mol. The van der Waals surface area contributed by atoms with Crippen LogP contribution in [0.5, 0.6) is 11.7 Å². The number of hydrogen-bond acceptors (Lipinski definition) is 5. The fraction of sp³-hybridized carbons (Fsp3) is 0.333. The quantitative estimate of drug-likeness (QED) is 0.401. The lowest BCUT2D eigenvalue weighted by molar-refractivity contribution is -0.136. The molecule has 4 N–H and O–H groups in total. The number of halogens is 3. The number of ether oxygens (including phenoxy) is 1. The molecule has 11 heteroatoms. The molecule has 1 fully saturated rings. The number of aromatic nitrogens is 1. The molecule has 1 aromatic carbocycles. The molecule has 0 spiro atoms. The van der Waals surface area contributed by atoms with Gasteiger partial charge in [0.2, 0.25) is 0 Å². The summed E-state index contributed by atoms with van der Waals surface area (Å²) in [6.45, 7) is 2.61. The number of nitrogens with zero attached hydrogens (tertiary/aromatic N) is 2. The summed E-state index contributed by atoms with van der Waals surface area (Å²) in [5, 5.41) is 7.14. The van der Waals surface area contributed by atoms with Crippen molar-refractivity contribution in [2.75, 3.05) is 20.1 Å². The lowest BCUT2D eigenvalue weighted by Gasteiger charge is -2.12. The average Bonchev–Trinajstić information content (AvgIpc) is 3.47. The molecule has 0 saturated carbocycles. The van der Waals surface area contributed by atoms with Crippen molar-refractivity contribution in [3.05, 3.63) is 47.3 Å². The van der Waals surface area contributed by atoms with Crippen LogP contribution in [0.2, 0.25) is 0 Å². The van der Waals surface area contributed by atoms with E-state index in [2.05, 4.69) is 9.88 Å². The van der Waals surface area contributed by atoms with E-state index in [1.165, 1.54) is 13.1 Å². The van der Waals surface area contributed by atoms with Crippen molar-refractivity contribution in [1.29, 1.82) is 5.41 Å².